The Morgan fingerprint density at radius 3 is 2.38 bits per heavy atom. The van der Waals surface area contributed by atoms with Crippen LogP contribution in [0.15, 0.2) is 60.0 Å². The summed E-state index contributed by atoms with van der Waals surface area (Å²) < 4.78 is 0.608. The molecule has 0 saturated heterocycles. The average Bonchev–Trinajstić information content (AvgIpc) is 3.32. The van der Waals surface area contributed by atoms with Crippen molar-refractivity contribution < 1.29 is 19.4 Å². The fourth-order valence-corrected chi connectivity index (χ4v) is 4.05. The Kier molecular flexibility index (Phi) is 6.09. The summed E-state index contributed by atoms with van der Waals surface area (Å²) in [6.45, 7) is 4.00. The zero-order chi connectivity index (χ0) is 21.0. The number of carboxylic acid groups (broad SMARTS) is 1. The number of fused-ring (bicyclic) bond motifs is 1. The van der Waals surface area contributed by atoms with Gasteiger partial charge in [0.15, 0.2) is 0 Å². The molecule has 2 heterocycles. The fourth-order valence-electron chi connectivity index (χ4n) is 3.10. The molecule has 7 heteroatoms. The van der Waals surface area contributed by atoms with Gasteiger partial charge in [-0.1, -0.05) is 62.4 Å². The van der Waals surface area contributed by atoms with Gasteiger partial charge in [-0.25, -0.2) is 4.79 Å². The van der Waals surface area contributed by atoms with Crippen LogP contribution in [0.1, 0.15) is 29.8 Å². The number of thiophene rings is 1. The zero-order valence-corrected chi connectivity index (χ0v) is 16.8. The van der Waals surface area contributed by atoms with Gasteiger partial charge in [-0.05, 0) is 5.56 Å². The minimum atomic E-state index is -1.14. The maximum absolute atomic E-state index is 12.6. The summed E-state index contributed by atoms with van der Waals surface area (Å²) in [4.78, 5) is 24.4. The number of anilines is 1. The number of hydrogen-bond acceptors (Lipinski definition) is 4. The van der Waals surface area contributed by atoms with Crippen LogP contribution in [-0.2, 0) is 11.2 Å². The molecule has 1 aliphatic rings. The third-order valence-electron chi connectivity index (χ3n) is 4.39. The summed E-state index contributed by atoms with van der Waals surface area (Å²) in [6.07, 6.45) is 0.213. The van der Waals surface area contributed by atoms with Crippen molar-refractivity contribution in [1.29, 1.82) is 0 Å². The van der Waals surface area contributed by atoms with E-state index in [2.05, 4.69) is 5.32 Å². The van der Waals surface area contributed by atoms with E-state index in [1.54, 1.807) is 23.6 Å². The highest BCUT2D eigenvalue weighted by Crippen LogP contribution is 2.36. The van der Waals surface area contributed by atoms with E-state index in [1.807, 2.05) is 50.2 Å². The molecule has 1 aliphatic heterocycles. The van der Waals surface area contributed by atoms with Crippen LogP contribution in [0, 0.1) is 5.21 Å². The number of rotatable bonds is 4. The second kappa shape index (κ2) is 8.70. The lowest BCUT2D eigenvalue weighted by molar-refractivity contribution is -0.356. The monoisotopic (exact) mass is 408 g/mol. The molecule has 0 saturated carbocycles. The molecule has 6 nitrogen and oxygen atoms in total. The topological polar surface area (TPSA) is 92.5 Å². The van der Waals surface area contributed by atoms with E-state index in [4.69, 9.17) is 0 Å². The first-order valence-electron chi connectivity index (χ1n) is 9.19. The number of benzene rings is 2. The van der Waals surface area contributed by atoms with Crippen molar-refractivity contribution in [3.8, 4) is 11.1 Å². The Balaban J connectivity index is 0.00000117. The Morgan fingerprint density at radius 1 is 1.07 bits per heavy atom. The molecular weight excluding hydrogens is 388 g/mol. The van der Waals surface area contributed by atoms with Gasteiger partial charge in [-0.2, -0.15) is 4.74 Å². The Morgan fingerprint density at radius 2 is 1.72 bits per heavy atom. The van der Waals surface area contributed by atoms with E-state index in [1.165, 1.54) is 0 Å². The van der Waals surface area contributed by atoms with Crippen LogP contribution in [-0.4, -0.2) is 27.4 Å². The molecule has 0 bridgehead atoms. The molecule has 0 atom stereocenters. The highest BCUT2D eigenvalue weighted by Gasteiger charge is 2.32. The van der Waals surface area contributed by atoms with Gasteiger partial charge >= 0.3 is 11.9 Å². The molecule has 29 heavy (non-hydrogen) atoms. The van der Waals surface area contributed by atoms with Crippen molar-refractivity contribution in [2.45, 2.75) is 20.3 Å². The lowest BCUT2D eigenvalue weighted by atomic mass is 10.0. The smallest absolute Gasteiger partial charge is 0.339 e. The van der Waals surface area contributed by atoms with Gasteiger partial charge in [-0.3, -0.25) is 4.79 Å². The molecule has 0 spiro atoms. The summed E-state index contributed by atoms with van der Waals surface area (Å²) in [7, 11) is 0. The summed E-state index contributed by atoms with van der Waals surface area (Å²) in [5, 5.41) is 26.5. The summed E-state index contributed by atoms with van der Waals surface area (Å²) >= 11 is 1.12. The minimum absolute atomic E-state index is 0.0214. The minimum Gasteiger partial charge on any atom is -0.618 e. The fraction of sp³-hybridized carbons (Fsp3) is 0.136. The average molecular weight is 408 g/mol. The zero-order valence-electron chi connectivity index (χ0n) is 16.0. The van der Waals surface area contributed by atoms with Crippen LogP contribution >= 0.6 is 11.3 Å². The molecule has 4 rings (SSSR count). The highest BCUT2D eigenvalue weighted by molar-refractivity contribution is 7.15. The Bertz CT molecular complexity index is 1090. The molecule has 0 radical (unpaired) electrons. The van der Waals surface area contributed by atoms with E-state index < -0.39 is 11.9 Å². The molecule has 1 aromatic heterocycles. The number of carbonyl (C=O) groups excluding carboxylic acids is 1. The maximum Gasteiger partial charge on any atom is 0.339 e. The first-order valence-corrected chi connectivity index (χ1v) is 10.1. The van der Waals surface area contributed by atoms with Gasteiger partial charge in [0.2, 0.25) is 5.69 Å². The van der Waals surface area contributed by atoms with Crippen LogP contribution in [0.2, 0.25) is 0 Å². The predicted molar refractivity (Wildman–Crippen MR) is 115 cm³/mol. The summed E-state index contributed by atoms with van der Waals surface area (Å²) in [5.41, 5.74) is 2.56. The first-order chi connectivity index (χ1) is 14.1. The summed E-state index contributed by atoms with van der Waals surface area (Å²) in [6, 6.07) is 16.1. The van der Waals surface area contributed by atoms with E-state index >= 15 is 0 Å². The largest absolute Gasteiger partial charge is 0.618 e. The number of nitrogens with one attached hydrogen (secondary N) is 1. The van der Waals surface area contributed by atoms with E-state index in [-0.39, 0.29) is 22.7 Å². The van der Waals surface area contributed by atoms with Crippen LogP contribution in [0.25, 0.3) is 11.1 Å². The molecule has 0 fully saturated rings. The molecule has 0 aliphatic carbocycles. The molecule has 1 amide bonds. The third-order valence-corrected chi connectivity index (χ3v) is 5.29. The second-order valence-corrected chi connectivity index (χ2v) is 6.91. The molecule has 2 N–H and O–H groups in total. The molecular formula is C22H20N2O4S. The van der Waals surface area contributed by atoms with Crippen LogP contribution in [0.4, 0.5) is 10.7 Å². The predicted octanol–water partition coefficient (Wildman–Crippen LogP) is 4.92. The Hall–Kier alpha value is -3.45. The number of hydrogen-bond donors (Lipinski definition) is 2. The Labute approximate surface area is 172 Å². The molecule has 0 unspecified atom stereocenters. The van der Waals surface area contributed by atoms with Crippen LogP contribution in [0.5, 0.6) is 0 Å². The maximum atomic E-state index is 12.6. The van der Waals surface area contributed by atoms with Crippen molar-refractivity contribution >= 4 is 39.6 Å². The number of aromatic carboxylic acids is 1. The van der Waals surface area contributed by atoms with Gasteiger partial charge in [0, 0.05) is 22.6 Å². The standard InChI is InChI=1S/C20H14N2O4S.C2H6/c23-18(16-10-13-8-4-5-9-15(13)22(16)26)21-19-17(20(24)25)14(11-27-19)12-6-2-1-3-7-12;1-2/h1-9,11H,10H2,(H,21,23)(H,24,25);1-2H3. The van der Waals surface area contributed by atoms with Crippen molar-refractivity contribution in [3.05, 3.63) is 76.3 Å². The molecule has 2 aromatic carbocycles. The highest BCUT2D eigenvalue weighted by atomic mass is 32.1. The van der Waals surface area contributed by atoms with Gasteiger partial charge in [0.1, 0.15) is 10.6 Å². The molecule has 148 valence electrons. The van der Waals surface area contributed by atoms with Gasteiger partial charge in [0.25, 0.3) is 5.71 Å². The van der Waals surface area contributed by atoms with Crippen molar-refractivity contribution in [2.24, 2.45) is 0 Å². The SMILES string of the molecule is CC.O=C(Nc1scc(-c2ccccc2)c1C(=O)O)C1=[N+]([O-])c2ccccc2C1. The van der Waals surface area contributed by atoms with Gasteiger partial charge in [-0.15, -0.1) is 11.3 Å². The van der Waals surface area contributed by atoms with E-state index in [0.717, 1.165) is 22.5 Å². The number of para-hydroxylation sites is 1. The quantitative estimate of drug-likeness (QED) is 0.473. The second-order valence-electron chi connectivity index (χ2n) is 6.03. The van der Waals surface area contributed by atoms with Crippen LogP contribution in [0.3, 0.4) is 0 Å². The van der Waals surface area contributed by atoms with Crippen molar-refractivity contribution in [1.82, 2.24) is 0 Å². The van der Waals surface area contributed by atoms with Crippen LogP contribution < -0.4 is 5.32 Å². The van der Waals surface area contributed by atoms with Crippen molar-refractivity contribution in [2.75, 3.05) is 5.32 Å². The lowest BCUT2D eigenvalue weighted by Crippen LogP contribution is -2.27. The molecule has 3 aromatic rings. The number of amides is 1. The number of nitrogens with zero attached hydrogens (tertiary/aromatic N) is 1. The van der Waals surface area contributed by atoms with Crippen molar-refractivity contribution in [3.63, 3.8) is 0 Å². The normalized spacial score (nSPS) is 12.1. The van der Waals surface area contributed by atoms with E-state index in [9.17, 15) is 19.9 Å². The lowest BCUT2D eigenvalue weighted by Gasteiger charge is -2.06. The van der Waals surface area contributed by atoms with E-state index in [0.29, 0.717) is 16.0 Å². The van der Waals surface area contributed by atoms with Gasteiger partial charge < -0.3 is 15.6 Å². The summed E-state index contributed by atoms with van der Waals surface area (Å²) in [5.74, 6) is -1.73. The number of carboxylic acids is 1. The number of carbonyl (C=O) groups is 2. The first kappa shape index (κ1) is 20.3. The third kappa shape index (κ3) is 3.90. The van der Waals surface area contributed by atoms with Gasteiger partial charge in [0.05, 0.1) is 6.42 Å².